The third kappa shape index (κ3) is 3.50. The Morgan fingerprint density at radius 2 is 1.45 bits per heavy atom. The fourth-order valence-corrected chi connectivity index (χ4v) is 4.98. The average molecular weight is 391 g/mol. The largest absolute Gasteiger partial charge is 0.480 e. The van der Waals surface area contributed by atoms with E-state index >= 15 is 0 Å². The number of hydrogen-bond donors (Lipinski definition) is 2. The van der Waals surface area contributed by atoms with Crippen LogP contribution < -0.4 is 5.32 Å². The second-order valence-corrected chi connectivity index (χ2v) is 8.54. The van der Waals surface area contributed by atoms with Gasteiger partial charge in [-0.1, -0.05) is 48.5 Å². The minimum Gasteiger partial charge on any atom is -0.480 e. The molecule has 29 heavy (non-hydrogen) atoms. The van der Waals surface area contributed by atoms with E-state index in [1.807, 2.05) is 24.3 Å². The van der Waals surface area contributed by atoms with Crippen molar-refractivity contribution in [3.05, 3.63) is 59.7 Å². The molecule has 0 heterocycles. The van der Waals surface area contributed by atoms with E-state index in [9.17, 15) is 14.7 Å². The average Bonchev–Trinajstić information content (AvgIpc) is 3.65. The number of aliphatic carboxylic acids is 1. The van der Waals surface area contributed by atoms with E-state index in [0.717, 1.165) is 36.8 Å². The zero-order valence-electron chi connectivity index (χ0n) is 16.2. The van der Waals surface area contributed by atoms with Crippen molar-refractivity contribution in [2.24, 2.45) is 17.8 Å². The molecule has 0 aromatic heterocycles. The summed E-state index contributed by atoms with van der Waals surface area (Å²) in [6.07, 6.45) is 3.63. The third-order valence-corrected chi connectivity index (χ3v) is 6.60. The number of fused-ring (bicyclic) bond motifs is 3. The molecule has 2 aromatic carbocycles. The number of alkyl carbamates (subject to hydrolysis) is 1. The topological polar surface area (TPSA) is 75.6 Å². The van der Waals surface area contributed by atoms with Gasteiger partial charge >= 0.3 is 12.1 Å². The molecule has 2 aromatic rings. The summed E-state index contributed by atoms with van der Waals surface area (Å²) in [4.78, 5) is 24.4. The summed E-state index contributed by atoms with van der Waals surface area (Å²) in [6.45, 7) is 0.198. The van der Waals surface area contributed by atoms with Crippen molar-refractivity contribution in [1.82, 2.24) is 5.32 Å². The first-order valence-corrected chi connectivity index (χ1v) is 10.5. The van der Waals surface area contributed by atoms with Crippen LogP contribution in [0.4, 0.5) is 4.79 Å². The Morgan fingerprint density at radius 1 is 0.931 bits per heavy atom. The van der Waals surface area contributed by atoms with E-state index in [-0.39, 0.29) is 18.4 Å². The maximum absolute atomic E-state index is 12.5. The first-order chi connectivity index (χ1) is 14.1. The lowest BCUT2D eigenvalue weighted by atomic mass is 9.89. The highest BCUT2D eigenvalue weighted by atomic mass is 16.5. The molecule has 0 bridgehead atoms. The minimum atomic E-state index is -0.956. The van der Waals surface area contributed by atoms with Gasteiger partial charge in [-0.05, 0) is 65.7 Å². The minimum absolute atomic E-state index is 0.0286. The van der Waals surface area contributed by atoms with E-state index < -0.39 is 18.1 Å². The van der Waals surface area contributed by atoms with Gasteiger partial charge in [0, 0.05) is 5.92 Å². The Bertz CT molecular complexity index is 890. The molecule has 150 valence electrons. The number of amides is 1. The Morgan fingerprint density at radius 3 is 1.93 bits per heavy atom. The number of carbonyl (C=O) groups is 2. The summed E-state index contributed by atoms with van der Waals surface area (Å²) in [7, 11) is 0. The summed E-state index contributed by atoms with van der Waals surface area (Å²) in [5.41, 5.74) is 4.63. The van der Waals surface area contributed by atoms with Gasteiger partial charge in [0.15, 0.2) is 0 Å². The zero-order chi connectivity index (χ0) is 20.0. The van der Waals surface area contributed by atoms with Crippen molar-refractivity contribution >= 4 is 12.1 Å². The number of benzene rings is 2. The predicted molar refractivity (Wildman–Crippen MR) is 109 cm³/mol. The molecule has 0 radical (unpaired) electrons. The molecule has 0 aliphatic heterocycles. The lowest BCUT2D eigenvalue weighted by molar-refractivity contribution is -0.141. The van der Waals surface area contributed by atoms with E-state index in [1.54, 1.807) is 0 Å². The fourth-order valence-electron chi connectivity index (χ4n) is 4.98. The van der Waals surface area contributed by atoms with Crippen LogP contribution in [0.5, 0.6) is 0 Å². The fraction of sp³-hybridized carbons (Fsp3) is 0.417. The van der Waals surface area contributed by atoms with Crippen LogP contribution in [0.2, 0.25) is 0 Å². The lowest BCUT2D eigenvalue weighted by Gasteiger charge is -2.25. The van der Waals surface area contributed by atoms with Gasteiger partial charge in [0.1, 0.15) is 12.6 Å². The molecule has 2 saturated carbocycles. The van der Waals surface area contributed by atoms with E-state index in [2.05, 4.69) is 29.6 Å². The van der Waals surface area contributed by atoms with Crippen LogP contribution in [0.15, 0.2) is 48.5 Å². The van der Waals surface area contributed by atoms with Crippen molar-refractivity contribution in [2.45, 2.75) is 37.6 Å². The monoisotopic (exact) mass is 391 g/mol. The van der Waals surface area contributed by atoms with Gasteiger partial charge in [-0.2, -0.15) is 0 Å². The standard InChI is InChI=1S/C24H25NO4/c26-23(27)22(21(14-9-10-14)15-11-12-15)25-24(28)29-13-20-18-7-3-1-5-16(18)17-6-2-4-8-19(17)20/h1-8,14-15,20-22H,9-13H2,(H,25,28)(H,26,27). The summed E-state index contributed by atoms with van der Waals surface area (Å²) in [6, 6.07) is 15.5. The molecule has 2 N–H and O–H groups in total. The Labute approximate surface area is 170 Å². The number of carboxylic acid groups (broad SMARTS) is 1. The molecule has 5 nitrogen and oxygen atoms in total. The van der Waals surface area contributed by atoms with Crippen LogP contribution in [-0.4, -0.2) is 29.8 Å². The number of hydrogen-bond acceptors (Lipinski definition) is 3. The van der Waals surface area contributed by atoms with Crippen LogP contribution in [0.1, 0.15) is 42.7 Å². The molecular formula is C24H25NO4. The Hall–Kier alpha value is -2.82. The SMILES string of the molecule is O=C(NC(C(=O)O)C(C1CC1)C1CC1)OCC1c2ccccc2-c2ccccc21. The van der Waals surface area contributed by atoms with Crippen LogP contribution >= 0.6 is 0 Å². The second kappa shape index (κ2) is 7.21. The molecule has 0 saturated heterocycles. The quantitative estimate of drug-likeness (QED) is 0.733. The smallest absolute Gasteiger partial charge is 0.407 e. The molecule has 1 unspecified atom stereocenters. The van der Waals surface area contributed by atoms with Gasteiger partial charge in [-0.25, -0.2) is 9.59 Å². The van der Waals surface area contributed by atoms with Gasteiger partial charge in [-0.3, -0.25) is 0 Å². The highest BCUT2D eigenvalue weighted by Crippen LogP contribution is 2.51. The molecule has 1 amide bonds. The van der Waals surface area contributed by atoms with E-state index in [0.29, 0.717) is 11.8 Å². The molecule has 5 rings (SSSR count). The number of rotatable bonds is 7. The molecule has 3 aliphatic carbocycles. The molecule has 3 aliphatic rings. The van der Waals surface area contributed by atoms with Crippen molar-refractivity contribution < 1.29 is 19.4 Å². The third-order valence-electron chi connectivity index (χ3n) is 6.60. The van der Waals surface area contributed by atoms with Crippen LogP contribution in [0.3, 0.4) is 0 Å². The molecule has 0 spiro atoms. The molecular weight excluding hydrogens is 366 g/mol. The van der Waals surface area contributed by atoms with Crippen molar-refractivity contribution in [2.75, 3.05) is 6.61 Å². The molecule has 1 atom stereocenters. The summed E-state index contributed by atoms with van der Waals surface area (Å²) < 4.78 is 5.56. The summed E-state index contributed by atoms with van der Waals surface area (Å²) in [5, 5.41) is 12.4. The Kier molecular flexibility index (Phi) is 4.53. The Balaban J connectivity index is 1.29. The lowest BCUT2D eigenvalue weighted by Crippen LogP contribution is -2.47. The van der Waals surface area contributed by atoms with Gasteiger partial charge in [0.2, 0.25) is 0 Å². The maximum atomic E-state index is 12.5. The van der Waals surface area contributed by atoms with Crippen LogP contribution in [0.25, 0.3) is 11.1 Å². The van der Waals surface area contributed by atoms with E-state index in [4.69, 9.17) is 4.74 Å². The van der Waals surface area contributed by atoms with Crippen LogP contribution in [-0.2, 0) is 9.53 Å². The van der Waals surface area contributed by atoms with Gasteiger partial charge in [-0.15, -0.1) is 0 Å². The van der Waals surface area contributed by atoms with Gasteiger partial charge < -0.3 is 15.2 Å². The number of nitrogens with one attached hydrogen (secondary N) is 1. The zero-order valence-corrected chi connectivity index (χ0v) is 16.2. The molecule has 5 heteroatoms. The second-order valence-electron chi connectivity index (χ2n) is 8.54. The highest BCUT2D eigenvalue weighted by Gasteiger charge is 2.48. The van der Waals surface area contributed by atoms with Gasteiger partial charge in [0.25, 0.3) is 0 Å². The van der Waals surface area contributed by atoms with Crippen molar-refractivity contribution in [3.63, 3.8) is 0 Å². The van der Waals surface area contributed by atoms with Crippen molar-refractivity contribution in [3.8, 4) is 11.1 Å². The highest BCUT2D eigenvalue weighted by molar-refractivity contribution is 5.81. The van der Waals surface area contributed by atoms with Crippen LogP contribution in [0, 0.1) is 17.8 Å². The first kappa shape index (κ1) is 18.2. The maximum Gasteiger partial charge on any atom is 0.407 e. The normalized spacial score (nSPS) is 18.8. The number of ether oxygens (including phenoxy) is 1. The van der Waals surface area contributed by atoms with Gasteiger partial charge in [0.05, 0.1) is 0 Å². The number of carbonyl (C=O) groups excluding carboxylic acids is 1. The molecule has 2 fully saturated rings. The first-order valence-electron chi connectivity index (χ1n) is 10.5. The number of carboxylic acids is 1. The summed E-state index contributed by atoms with van der Waals surface area (Å²) >= 11 is 0. The summed E-state index contributed by atoms with van der Waals surface area (Å²) in [5.74, 6) is -0.0932. The van der Waals surface area contributed by atoms with E-state index in [1.165, 1.54) is 11.1 Å². The predicted octanol–water partition coefficient (Wildman–Crippen LogP) is 4.41. The van der Waals surface area contributed by atoms with Crippen molar-refractivity contribution in [1.29, 1.82) is 0 Å².